The average molecular weight is 286 g/mol. The number of anilines is 1. The third-order valence-electron chi connectivity index (χ3n) is 2.96. The lowest BCUT2D eigenvalue weighted by Crippen LogP contribution is -2.20. The predicted molar refractivity (Wildman–Crippen MR) is 85.0 cm³/mol. The standard InChI is InChI=1S/C17H22N2O2/c1-13(2)21-17-9-8-14(10-15(17)12-20)11-18-19-16-6-4-3-5-7-16/h3-10,13,18-20H,11-12H2,1-2H3. The maximum atomic E-state index is 9.44. The second-order valence-corrected chi connectivity index (χ2v) is 5.11. The van der Waals surface area contributed by atoms with Crippen molar-refractivity contribution in [1.82, 2.24) is 5.43 Å². The number of para-hydroxylation sites is 1. The monoisotopic (exact) mass is 286 g/mol. The summed E-state index contributed by atoms with van der Waals surface area (Å²) < 4.78 is 5.67. The second-order valence-electron chi connectivity index (χ2n) is 5.11. The first kappa shape index (κ1) is 15.4. The number of ether oxygens (including phenoxy) is 1. The van der Waals surface area contributed by atoms with Gasteiger partial charge in [-0.15, -0.1) is 0 Å². The Bertz CT molecular complexity index is 556. The van der Waals surface area contributed by atoms with Gasteiger partial charge in [-0.05, 0) is 43.7 Å². The largest absolute Gasteiger partial charge is 0.491 e. The zero-order valence-electron chi connectivity index (χ0n) is 12.5. The van der Waals surface area contributed by atoms with E-state index in [-0.39, 0.29) is 12.7 Å². The number of benzene rings is 2. The summed E-state index contributed by atoms with van der Waals surface area (Å²) in [7, 11) is 0. The van der Waals surface area contributed by atoms with E-state index in [1.54, 1.807) is 0 Å². The van der Waals surface area contributed by atoms with Crippen LogP contribution in [-0.4, -0.2) is 11.2 Å². The molecule has 0 heterocycles. The normalized spacial score (nSPS) is 10.7. The van der Waals surface area contributed by atoms with E-state index in [1.165, 1.54) is 0 Å². The van der Waals surface area contributed by atoms with Gasteiger partial charge in [-0.3, -0.25) is 0 Å². The summed E-state index contributed by atoms with van der Waals surface area (Å²) in [5.41, 5.74) is 9.19. The van der Waals surface area contributed by atoms with Crippen molar-refractivity contribution in [2.75, 3.05) is 5.43 Å². The highest BCUT2D eigenvalue weighted by Gasteiger charge is 2.06. The van der Waals surface area contributed by atoms with Gasteiger partial charge in [-0.25, -0.2) is 5.43 Å². The molecule has 112 valence electrons. The second kappa shape index (κ2) is 7.67. The van der Waals surface area contributed by atoms with E-state index < -0.39 is 0 Å². The molecule has 4 heteroatoms. The Morgan fingerprint density at radius 1 is 1.10 bits per heavy atom. The highest BCUT2D eigenvalue weighted by molar-refractivity contribution is 5.41. The zero-order chi connectivity index (χ0) is 15.1. The highest BCUT2D eigenvalue weighted by atomic mass is 16.5. The van der Waals surface area contributed by atoms with E-state index in [4.69, 9.17) is 4.74 Å². The molecule has 0 aromatic heterocycles. The molecule has 0 spiro atoms. The van der Waals surface area contributed by atoms with E-state index in [0.29, 0.717) is 6.54 Å². The average Bonchev–Trinajstić information content (AvgIpc) is 2.49. The summed E-state index contributed by atoms with van der Waals surface area (Å²) >= 11 is 0. The lowest BCUT2D eigenvalue weighted by molar-refractivity contribution is 0.225. The van der Waals surface area contributed by atoms with Gasteiger partial charge in [0.15, 0.2) is 0 Å². The molecule has 21 heavy (non-hydrogen) atoms. The maximum absolute atomic E-state index is 9.44. The first-order valence-electron chi connectivity index (χ1n) is 7.12. The van der Waals surface area contributed by atoms with E-state index in [9.17, 15) is 5.11 Å². The Kier molecular flexibility index (Phi) is 5.60. The van der Waals surface area contributed by atoms with Gasteiger partial charge in [0, 0.05) is 17.8 Å². The Balaban J connectivity index is 1.94. The van der Waals surface area contributed by atoms with Gasteiger partial charge >= 0.3 is 0 Å². The topological polar surface area (TPSA) is 53.5 Å². The Labute approximate surface area is 125 Å². The fourth-order valence-corrected chi connectivity index (χ4v) is 2.01. The third-order valence-corrected chi connectivity index (χ3v) is 2.96. The quantitative estimate of drug-likeness (QED) is 0.685. The molecule has 4 nitrogen and oxygen atoms in total. The van der Waals surface area contributed by atoms with E-state index in [1.807, 2.05) is 62.4 Å². The Morgan fingerprint density at radius 2 is 1.86 bits per heavy atom. The molecule has 0 amide bonds. The minimum absolute atomic E-state index is 0.0258. The molecule has 0 bridgehead atoms. The molecule has 0 radical (unpaired) electrons. The summed E-state index contributed by atoms with van der Waals surface area (Å²) in [5, 5.41) is 9.44. The third kappa shape index (κ3) is 4.77. The van der Waals surface area contributed by atoms with Crippen LogP contribution in [0.1, 0.15) is 25.0 Å². The van der Waals surface area contributed by atoms with Gasteiger partial charge in [0.2, 0.25) is 0 Å². The van der Waals surface area contributed by atoms with Crippen LogP contribution >= 0.6 is 0 Å². The van der Waals surface area contributed by atoms with E-state index >= 15 is 0 Å². The summed E-state index contributed by atoms with van der Waals surface area (Å²) in [6.45, 7) is 4.58. The van der Waals surface area contributed by atoms with Gasteiger partial charge in [-0.2, -0.15) is 0 Å². The van der Waals surface area contributed by atoms with Gasteiger partial charge in [0.1, 0.15) is 5.75 Å². The van der Waals surface area contributed by atoms with Crippen molar-refractivity contribution < 1.29 is 9.84 Å². The van der Waals surface area contributed by atoms with E-state index in [0.717, 1.165) is 22.6 Å². The molecular weight excluding hydrogens is 264 g/mol. The smallest absolute Gasteiger partial charge is 0.125 e. The molecule has 0 saturated heterocycles. The van der Waals surface area contributed by atoms with Crippen LogP contribution < -0.4 is 15.6 Å². The zero-order valence-corrected chi connectivity index (χ0v) is 12.5. The lowest BCUT2D eigenvalue weighted by atomic mass is 10.1. The molecule has 2 rings (SSSR count). The van der Waals surface area contributed by atoms with Crippen LogP contribution in [-0.2, 0) is 13.2 Å². The fraction of sp³-hybridized carbons (Fsp3) is 0.294. The van der Waals surface area contributed by atoms with Crippen molar-refractivity contribution in [1.29, 1.82) is 0 Å². The number of hydrogen-bond acceptors (Lipinski definition) is 4. The minimum atomic E-state index is -0.0258. The fourth-order valence-electron chi connectivity index (χ4n) is 2.01. The molecule has 0 unspecified atom stereocenters. The summed E-state index contributed by atoms with van der Waals surface area (Å²) in [6, 6.07) is 15.8. The molecular formula is C17H22N2O2. The van der Waals surface area contributed by atoms with Crippen LogP contribution in [0, 0.1) is 0 Å². The summed E-state index contributed by atoms with van der Waals surface area (Å²) in [4.78, 5) is 0. The van der Waals surface area contributed by atoms with Gasteiger partial charge < -0.3 is 15.3 Å². The molecule has 0 aliphatic rings. The van der Waals surface area contributed by atoms with Crippen molar-refractivity contribution in [3.63, 3.8) is 0 Å². The van der Waals surface area contributed by atoms with E-state index in [2.05, 4.69) is 10.9 Å². The highest BCUT2D eigenvalue weighted by Crippen LogP contribution is 2.21. The lowest BCUT2D eigenvalue weighted by Gasteiger charge is -2.15. The number of rotatable bonds is 7. The van der Waals surface area contributed by atoms with Crippen molar-refractivity contribution in [2.45, 2.75) is 33.1 Å². The number of aliphatic hydroxyl groups excluding tert-OH is 1. The number of aliphatic hydroxyl groups is 1. The number of nitrogens with one attached hydrogen (secondary N) is 2. The summed E-state index contributed by atoms with van der Waals surface area (Å²) in [5.74, 6) is 0.743. The van der Waals surface area contributed by atoms with Crippen molar-refractivity contribution in [3.05, 3.63) is 59.7 Å². The number of hydrogen-bond donors (Lipinski definition) is 3. The van der Waals surface area contributed by atoms with Crippen LogP contribution in [0.5, 0.6) is 5.75 Å². The Hall–Kier alpha value is -2.04. The van der Waals surface area contributed by atoms with Gasteiger partial charge in [0.05, 0.1) is 12.7 Å². The van der Waals surface area contributed by atoms with Gasteiger partial charge in [0.25, 0.3) is 0 Å². The van der Waals surface area contributed by atoms with Crippen LogP contribution in [0.2, 0.25) is 0 Å². The molecule has 2 aromatic carbocycles. The Morgan fingerprint density at radius 3 is 2.52 bits per heavy atom. The minimum Gasteiger partial charge on any atom is -0.491 e. The van der Waals surface area contributed by atoms with Crippen LogP contribution in [0.25, 0.3) is 0 Å². The first-order chi connectivity index (χ1) is 10.2. The van der Waals surface area contributed by atoms with Crippen LogP contribution in [0.3, 0.4) is 0 Å². The molecule has 0 fully saturated rings. The molecule has 3 N–H and O–H groups in total. The summed E-state index contributed by atoms with van der Waals surface area (Å²) in [6.07, 6.45) is 0.0963. The first-order valence-corrected chi connectivity index (χ1v) is 7.12. The van der Waals surface area contributed by atoms with Crippen molar-refractivity contribution in [2.24, 2.45) is 0 Å². The molecule has 0 saturated carbocycles. The molecule has 0 aliphatic carbocycles. The maximum Gasteiger partial charge on any atom is 0.125 e. The predicted octanol–water partition coefficient (Wildman–Crippen LogP) is 3.08. The van der Waals surface area contributed by atoms with Crippen LogP contribution in [0.15, 0.2) is 48.5 Å². The molecule has 0 aliphatic heterocycles. The van der Waals surface area contributed by atoms with Crippen LogP contribution in [0.4, 0.5) is 5.69 Å². The van der Waals surface area contributed by atoms with Crippen molar-refractivity contribution >= 4 is 5.69 Å². The SMILES string of the molecule is CC(C)Oc1ccc(CNNc2ccccc2)cc1CO. The molecule has 0 atom stereocenters. The number of hydrazine groups is 1. The van der Waals surface area contributed by atoms with Gasteiger partial charge in [-0.1, -0.05) is 24.3 Å². The molecule has 2 aromatic rings. The van der Waals surface area contributed by atoms with Crippen molar-refractivity contribution in [3.8, 4) is 5.75 Å².